The molecule has 0 spiro atoms. The number of benzene rings is 2. The highest BCUT2D eigenvalue weighted by molar-refractivity contribution is 5.94. The Balaban J connectivity index is 1.75. The fraction of sp³-hybridized carbons (Fsp3) is 0.174. The number of anilines is 1. The summed E-state index contributed by atoms with van der Waals surface area (Å²) in [7, 11) is 3.36. The van der Waals surface area contributed by atoms with Crippen molar-refractivity contribution in [2.24, 2.45) is 0 Å². The molecule has 0 atom stereocenters. The summed E-state index contributed by atoms with van der Waals surface area (Å²) < 4.78 is 11.8. The number of carbonyl (C=O) groups excluding carboxylic acids is 1. The average molecular weight is 443 g/mol. The van der Waals surface area contributed by atoms with Gasteiger partial charge in [-0.25, -0.2) is 4.98 Å². The number of nitrogens with two attached hydrogens (primary N) is 1. The molecule has 0 radical (unpaired) electrons. The van der Waals surface area contributed by atoms with E-state index < -0.39 is 0 Å². The lowest BCUT2D eigenvalue weighted by atomic mass is 10.2. The van der Waals surface area contributed by atoms with E-state index >= 15 is 0 Å². The lowest BCUT2D eigenvalue weighted by molar-refractivity contribution is 0.0827. The number of aromatic nitrogens is 4. The van der Waals surface area contributed by atoms with Crippen LogP contribution in [0.5, 0.6) is 23.4 Å². The van der Waals surface area contributed by atoms with E-state index in [1.54, 1.807) is 50.5 Å². The lowest BCUT2D eigenvalue weighted by Gasteiger charge is -2.12. The highest BCUT2D eigenvalue weighted by atomic mass is 16.5. The minimum absolute atomic E-state index is 0.0473. The van der Waals surface area contributed by atoms with Crippen LogP contribution < -0.4 is 15.2 Å². The molecule has 10 heteroatoms. The van der Waals surface area contributed by atoms with Gasteiger partial charge in [0, 0.05) is 32.1 Å². The van der Waals surface area contributed by atoms with Crippen LogP contribution in [0.1, 0.15) is 28.7 Å². The molecule has 166 valence electrons. The van der Waals surface area contributed by atoms with Gasteiger partial charge in [-0.05, 0) is 30.3 Å². The standard InChI is InChI=1S/C23H21N7O3/c1-4-18-26-19-20(27-18)28-23(33-17-10-13(12-24)8-9-16(17)25)29-21(19)32-15-7-5-6-14(11-15)22(31)30(2)3/h5-11H,4,25H2,1-3H3,(H,26,27,28,29). The maximum absolute atomic E-state index is 12.3. The van der Waals surface area contributed by atoms with E-state index in [-0.39, 0.29) is 23.5 Å². The van der Waals surface area contributed by atoms with E-state index in [9.17, 15) is 4.79 Å². The highest BCUT2D eigenvalue weighted by Crippen LogP contribution is 2.32. The van der Waals surface area contributed by atoms with Gasteiger partial charge in [-0.3, -0.25) is 4.79 Å². The smallest absolute Gasteiger partial charge is 0.327 e. The first-order valence-corrected chi connectivity index (χ1v) is 10.1. The molecule has 0 saturated heterocycles. The molecule has 0 aliphatic rings. The van der Waals surface area contributed by atoms with Gasteiger partial charge in [0.25, 0.3) is 11.8 Å². The number of aryl methyl sites for hydroxylation is 1. The van der Waals surface area contributed by atoms with Crippen LogP contribution in [0.15, 0.2) is 42.5 Å². The Morgan fingerprint density at radius 3 is 2.70 bits per heavy atom. The number of imidazole rings is 1. The maximum atomic E-state index is 12.3. The van der Waals surface area contributed by atoms with Crippen LogP contribution in [0.3, 0.4) is 0 Å². The van der Waals surface area contributed by atoms with E-state index in [0.717, 1.165) is 0 Å². The van der Waals surface area contributed by atoms with Gasteiger partial charge in [-0.1, -0.05) is 13.0 Å². The number of aromatic amines is 1. The number of hydrogen-bond acceptors (Lipinski definition) is 8. The number of nitrogens with one attached hydrogen (secondary N) is 1. The van der Waals surface area contributed by atoms with Crippen molar-refractivity contribution < 1.29 is 14.3 Å². The van der Waals surface area contributed by atoms with Crippen molar-refractivity contribution in [3.63, 3.8) is 0 Å². The van der Waals surface area contributed by atoms with Gasteiger partial charge in [-0.15, -0.1) is 0 Å². The zero-order valence-corrected chi connectivity index (χ0v) is 18.3. The second kappa shape index (κ2) is 8.84. The molecule has 2 heterocycles. The second-order valence-electron chi connectivity index (χ2n) is 7.34. The third-order valence-electron chi connectivity index (χ3n) is 4.73. The Labute approximate surface area is 189 Å². The molecular weight excluding hydrogens is 422 g/mol. The van der Waals surface area contributed by atoms with E-state index in [1.165, 1.54) is 11.0 Å². The Kier molecular flexibility index (Phi) is 5.78. The molecule has 4 aromatic rings. The number of nitrogens with zero attached hydrogens (tertiary/aromatic N) is 5. The number of hydrogen-bond donors (Lipinski definition) is 2. The van der Waals surface area contributed by atoms with Crippen LogP contribution in [0.25, 0.3) is 11.2 Å². The summed E-state index contributed by atoms with van der Waals surface area (Å²) in [5.74, 6) is 1.37. The van der Waals surface area contributed by atoms with Gasteiger partial charge in [0.05, 0.1) is 17.3 Å². The van der Waals surface area contributed by atoms with Gasteiger partial charge in [-0.2, -0.15) is 15.2 Å². The van der Waals surface area contributed by atoms with Crippen molar-refractivity contribution in [3.05, 3.63) is 59.4 Å². The maximum Gasteiger partial charge on any atom is 0.327 e. The molecule has 1 amide bonds. The Hall–Kier alpha value is -4.65. The van der Waals surface area contributed by atoms with Crippen LogP contribution >= 0.6 is 0 Å². The summed E-state index contributed by atoms with van der Waals surface area (Å²) in [4.78, 5) is 30.1. The molecular formula is C23H21N7O3. The van der Waals surface area contributed by atoms with Crippen molar-refractivity contribution in [1.29, 1.82) is 5.26 Å². The van der Waals surface area contributed by atoms with Crippen LogP contribution in [0.2, 0.25) is 0 Å². The fourth-order valence-electron chi connectivity index (χ4n) is 3.04. The second-order valence-corrected chi connectivity index (χ2v) is 7.34. The normalized spacial score (nSPS) is 10.6. The minimum Gasteiger partial charge on any atom is -0.437 e. The van der Waals surface area contributed by atoms with Gasteiger partial charge < -0.3 is 25.1 Å². The van der Waals surface area contributed by atoms with Crippen molar-refractivity contribution in [3.8, 4) is 29.5 Å². The Morgan fingerprint density at radius 1 is 1.15 bits per heavy atom. The number of fused-ring (bicyclic) bond motifs is 1. The molecule has 2 aromatic heterocycles. The van der Waals surface area contributed by atoms with Crippen LogP contribution in [0.4, 0.5) is 5.69 Å². The van der Waals surface area contributed by atoms with Gasteiger partial charge >= 0.3 is 6.01 Å². The predicted octanol–water partition coefficient (Wildman–Crippen LogP) is 3.66. The summed E-state index contributed by atoms with van der Waals surface area (Å²) in [6, 6.07) is 13.4. The summed E-state index contributed by atoms with van der Waals surface area (Å²) >= 11 is 0. The van der Waals surface area contributed by atoms with Crippen molar-refractivity contribution in [2.45, 2.75) is 13.3 Å². The molecule has 0 fully saturated rings. The number of nitrogen functional groups attached to an aromatic ring is 1. The number of carbonyl (C=O) groups is 1. The monoisotopic (exact) mass is 443 g/mol. The number of H-pyrrole nitrogens is 1. The van der Waals surface area contributed by atoms with Crippen LogP contribution in [0, 0.1) is 11.3 Å². The SMILES string of the molecule is CCc1nc2nc(Oc3cc(C#N)ccc3N)nc(Oc3cccc(C(=O)N(C)C)c3)c2[nH]1. The first-order chi connectivity index (χ1) is 15.9. The minimum atomic E-state index is -0.153. The molecule has 3 N–H and O–H groups in total. The fourth-order valence-corrected chi connectivity index (χ4v) is 3.04. The van der Waals surface area contributed by atoms with Crippen LogP contribution in [-0.4, -0.2) is 44.8 Å². The van der Waals surface area contributed by atoms with Crippen molar-refractivity contribution in [2.75, 3.05) is 19.8 Å². The third-order valence-corrected chi connectivity index (χ3v) is 4.73. The Morgan fingerprint density at radius 2 is 1.97 bits per heavy atom. The van der Waals surface area contributed by atoms with Gasteiger partial charge in [0.1, 0.15) is 17.1 Å². The zero-order valence-electron chi connectivity index (χ0n) is 18.3. The first kappa shape index (κ1) is 21.6. The molecule has 10 nitrogen and oxygen atoms in total. The molecule has 0 unspecified atom stereocenters. The molecule has 0 saturated carbocycles. The molecule has 0 aliphatic heterocycles. The number of rotatable bonds is 6. The average Bonchev–Trinajstić information content (AvgIpc) is 3.24. The van der Waals surface area contributed by atoms with Gasteiger partial charge in [0.2, 0.25) is 0 Å². The molecule has 33 heavy (non-hydrogen) atoms. The van der Waals surface area contributed by atoms with E-state index in [1.807, 2.05) is 13.0 Å². The number of ether oxygens (including phenoxy) is 2. The summed E-state index contributed by atoms with van der Waals surface area (Å²) in [6.45, 7) is 1.95. The molecule has 0 aliphatic carbocycles. The number of amides is 1. The van der Waals surface area contributed by atoms with E-state index in [2.05, 4.69) is 19.9 Å². The third kappa shape index (κ3) is 4.52. The highest BCUT2D eigenvalue weighted by Gasteiger charge is 2.17. The largest absolute Gasteiger partial charge is 0.437 e. The lowest BCUT2D eigenvalue weighted by Crippen LogP contribution is -2.21. The zero-order chi connectivity index (χ0) is 23.5. The molecule has 4 rings (SSSR count). The Bertz CT molecular complexity index is 1390. The quantitative estimate of drug-likeness (QED) is 0.430. The predicted molar refractivity (Wildman–Crippen MR) is 121 cm³/mol. The topological polar surface area (TPSA) is 143 Å². The first-order valence-electron chi connectivity index (χ1n) is 10.1. The summed E-state index contributed by atoms with van der Waals surface area (Å²) in [5, 5.41) is 9.16. The summed E-state index contributed by atoms with van der Waals surface area (Å²) in [6.07, 6.45) is 0.649. The van der Waals surface area contributed by atoms with Crippen molar-refractivity contribution >= 4 is 22.8 Å². The van der Waals surface area contributed by atoms with Crippen molar-refractivity contribution in [1.82, 2.24) is 24.8 Å². The molecule has 0 bridgehead atoms. The molecule has 2 aromatic carbocycles. The van der Waals surface area contributed by atoms with Crippen LogP contribution in [-0.2, 0) is 6.42 Å². The number of nitriles is 1. The van der Waals surface area contributed by atoms with E-state index in [0.29, 0.717) is 46.0 Å². The summed E-state index contributed by atoms with van der Waals surface area (Å²) in [5.41, 5.74) is 8.00. The van der Waals surface area contributed by atoms with E-state index in [4.69, 9.17) is 20.5 Å². The van der Waals surface area contributed by atoms with Gasteiger partial charge in [0.15, 0.2) is 11.4 Å².